The number of nitrogens with one attached hydrogen (secondary N) is 1. The van der Waals surface area contributed by atoms with Crippen molar-refractivity contribution in [3.8, 4) is 5.75 Å². The van der Waals surface area contributed by atoms with Gasteiger partial charge in [0.1, 0.15) is 5.75 Å². The van der Waals surface area contributed by atoms with E-state index in [-0.39, 0.29) is 5.56 Å². The number of alkyl halides is 4. The van der Waals surface area contributed by atoms with Gasteiger partial charge in [-0.3, -0.25) is 0 Å². The van der Waals surface area contributed by atoms with Crippen LogP contribution in [0.25, 0.3) is 0 Å². The minimum Gasteiger partial charge on any atom is -0.428 e. The summed E-state index contributed by atoms with van der Waals surface area (Å²) in [5.74, 6) is -0.511. The summed E-state index contributed by atoms with van der Waals surface area (Å²) in [7, 11) is 0. The fourth-order valence-corrected chi connectivity index (χ4v) is 1.04. The van der Waals surface area contributed by atoms with Crippen molar-refractivity contribution in [2.75, 3.05) is 0 Å². The average molecular weight is 279 g/mol. The van der Waals surface area contributed by atoms with Gasteiger partial charge in [-0.1, -0.05) is 12.1 Å². The van der Waals surface area contributed by atoms with Crippen molar-refractivity contribution in [3.63, 3.8) is 0 Å². The van der Waals surface area contributed by atoms with Crippen LogP contribution in [0, 0.1) is 0 Å². The number of carbonyl (C=O) groups excluding carboxylic acids is 1. The Hall–Kier alpha value is -2.32. The number of benzene rings is 1. The first-order valence-electron chi connectivity index (χ1n) is 4.85. The van der Waals surface area contributed by atoms with E-state index in [1.54, 1.807) is 0 Å². The van der Waals surface area contributed by atoms with Crippen LogP contribution in [0.5, 0.6) is 5.75 Å². The summed E-state index contributed by atoms with van der Waals surface area (Å²) >= 11 is 0. The van der Waals surface area contributed by atoms with E-state index < -0.39 is 24.3 Å². The molecule has 0 radical (unpaired) electrons. The summed E-state index contributed by atoms with van der Waals surface area (Å²) in [6.45, 7) is 0. The van der Waals surface area contributed by atoms with E-state index in [0.29, 0.717) is 0 Å². The smallest absolute Gasteiger partial charge is 0.428 e. The van der Waals surface area contributed by atoms with Crippen molar-refractivity contribution in [1.29, 1.82) is 0 Å². The molecule has 0 atom stereocenters. The van der Waals surface area contributed by atoms with E-state index in [0.717, 1.165) is 12.3 Å². The maximum absolute atomic E-state index is 12.8. The van der Waals surface area contributed by atoms with Crippen LogP contribution in [-0.4, -0.2) is 24.8 Å². The van der Waals surface area contributed by atoms with Crippen molar-refractivity contribution < 1.29 is 27.1 Å². The largest absolute Gasteiger partial charge is 0.461 e. The van der Waals surface area contributed by atoms with E-state index in [1.165, 1.54) is 18.2 Å². The maximum Gasteiger partial charge on any atom is 0.461 e. The van der Waals surface area contributed by atoms with Crippen LogP contribution in [0.2, 0.25) is 0 Å². The van der Waals surface area contributed by atoms with Crippen molar-refractivity contribution in [3.05, 3.63) is 29.8 Å². The molecule has 9 heteroatoms. The Labute approximate surface area is 105 Å². The van der Waals surface area contributed by atoms with Crippen LogP contribution in [0.4, 0.5) is 22.4 Å². The quantitative estimate of drug-likeness (QED) is 0.491. The van der Waals surface area contributed by atoms with Crippen LogP contribution in [0.15, 0.2) is 29.4 Å². The van der Waals surface area contributed by atoms with Crippen LogP contribution in [-0.2, 0) is 0 Å². The predicted octanol–water partition coefficient (Wildman–Crippen LogP) is 1.93. The van der Waals surface area contributed by atoms with E-state index in [1.807, 2.05) is 5.43 Å². The molecule has 0 aliphatic heterocycles. The third-order valence-corrected chi connectivity index (χ3v) is 1.80. The molecule has 0 aromatic heterocycles. The second-order valence-electron chi connectivity index (χ2n) is 3.24. The van der Waals surface area contributed by atoms with Crippen LogP contribution in [0.3, 0.4) is 0 Å². The maximum atomic E-state index is 12.8. The number of amides is 2. The lowest BCUT2D eigenvalue weighted by atomic mass is 10.2. The Morgan fingerprint density at radius 1 is 1.42 bits per heavy atom. The summed E-state index contributed by atoms with van der Waals surface area (Å²) in [5.41, 5.74) is 6.51. The van der Waals surface area contributed by atoms with Gasteiger partial charge in [-0.05, 0) is 12.1 Å². The Bertz CT molecular complexity index is 480. The Morgan fingerprint density at radius 2 is 2.05 bits per heavy atom. The normalized spacial score (nSPS) is 11.8. The van der Waals surface area contributed by atoms with Gasteiger partial charge in [-0.2, -0.15) is 22.7 Å². The summed E-state index contributed by atoms with van der Waals surface area (Å²) in [6, 6.07) is 4.13. The highest BCUT2D eigenvalue weighted by molar-refractivity contribution is 5.84. The third-order valence-electron chi connectivity index (χ3n) is 1.80. The van der Waals surface area contributed by atoms with Gasteiger partial charge in [-0.15, -0.1) is 0 Å². The number of rotatable bonds is 5. The van der Waals surface area contributed by atoms with E-state index in [2.05, 4.69) is 9.84 Å². The number of halogens is 4. The molecule has 5 nitrogen and oxygen atoms in total. The zero-order valence-electron chi connectivity index (χ0n) is 9.32. The van der Waals surface area contributed by atoms with Crippen LogP contribution < -0.4 is 15.9 Å². The predicted molar refractivity (Wildman–Crippen MR) is 58.3 cm³/mol. The molecular weight excluding hydrogens is 270 g/mol. The standard InChI is InChI=1S/C10H9F4N3O2/c11-8(12)10(13,14)19-7-4-2-1-3-6(7)5-16-17-9(15)18/h1-5,8H,(H3,15,17,18). The van der Waals surface area contributed by atoms with Crippen LogP contribution in [0.1, 0.15) is 5.56 Å². The summed E-state index contributed by atoms with van der Waals surface area (Å²) in [6.07, 6.45) is -7.66. The molecule has 1 rings (SSSR count). The van der Waals surface area contributed by atoms with Gasteiger partial charge in [0.05, 0.1) is 6.21 Å². The van der Waals surface area contributed by atoms with Gasteiger partial charge < -0.3 is 10.5 Å². The molecule has 1 aromatic rings. The van der Waals surface area contributed by atoms with E-state index >= 15 is 0 Å². The van der Waals surface area contributed by atoms with Crippen molar-refractivity contribution in [2.24, 2.45) is 10.8 Å². The lowest BCUT2D eigenvalue weighted by Crippen LogP contribution is -2.33. The number of ether oxygens (including phenoxy) is 1. The summed E-state index contributed by atoms with van der Waals surface area (Å²) < 4.78 is 53.5. The molecule has 0 fully saturated rings. The molecule has 0 heterocycles. The molecule has 19 heavy (non-hydrogen) atoms. The highest BCUT2D eigenvalue weighted by atomic mass is 19.3. The Morgan fingerprint density at radius 3 is 2.63 bits per heavy atom. The minimum atomic E-state index is -4.62. The second kappa shape index (κ2) is 6.03. The lowest BCUT2D eigenvalue weighted by Gasteiger charge is -2.17. The molecule has 0 saturated carbocycles. The van der Waals surface area contributed by atoms with Crippen LogP contribution >= 0.6 is 0 Å². The highest BCUT2D eigenvalue weighted by Crippen LogP contribution is 2.28. The van der Waals surface area contributed by atoms with Gasteiger partial charge in [0, 0.05) is 5.56 Å². The zero-order valence-corrected chi connectivity index (χ0v) is 9.32. The van der Waals surface area contributed by atoms with E-state index in [4.69, 9.17) is 5.73 Å². The molecule has 1 aromatic carbocycles. The number of nitrogens with zero attached hydrogens (tertiary/aromatic N) is 1. The fourth-order valence-electron chi connectivity index (χ4n) is 1.04. The number of hydrazone groups is 1. The topological polar surface area (TPSA) is 76.7 Å². The summed E-state index contributed by atoms with van der Waals surface area (Å²) in [4.78, 5) is 10.3. The minimum absolute atomic E-state index is 0.0309. The molecule has 0 saturated heterocycles. The number of urea groups is 1. The van der Waals surface area contributed by atoms with E-state index in [9.17, 15) is 22.4 Å². The van der Waals surface area contributed by atoms with Gasteiger partial charge in [0.15, 0.2) is 0 Å². The van der Waals surface area contributed by atoms with Gasteiger partial charge in [0.25, 0.3) is 0 Å². The molecule has 104 valence electrons. The number of hydrogen-bond donors (Lipinski definition) is 2. The molecule has 0 spiro atoms. The Balaban J connectivity index is 2.90. The number of primary amides is 1. The Kier molecular flexibility index (Phi) is 4.67. The molecule has 0 aliphatic rings. The molecule has 2 amide bonds. The van der Waals surface area contributed by atoms with Gasteiger partial charge in [0.2, 0.25) is 0 Å². The molecule has 0 bridgehead atoms. The first-order chi connectivity index (χ1) is 8.83. The van der Waals surface area contributed by atoms with Gasteiger partial charge >= 0.3 is 18.6 Å². The number of nitrogens with two attached hydrogens (primary N) is 1. The number of hydrogen-bond acceptors (Lipinski definition) is 3. The summed E-state index contributed by atoms with van der Waals surface area (Å²) in [5, 5.41) is 3.31. The van der Waals surface area contributed by atoms with Gasteiger partial charge in [-0.25, -0.2) is 10.2 Å². The first kappa shape index (κ1) is 14.7. The SMILES string of the molecule is NC(=O)NN=Cc1ccccc1OC(F)(F)C(F)F. The monoisotopic (exact) mass is 279 g/mol. The molecule has 3 N–H and O–H groups in total. The second-order valence-corrected chi connectivity index (χ2v) is 3.24. The van der Waals surface area contributed by atoms with Crippen molar-refractivity contribution in [2.45, 2.75) is 12.5 Å². The third kappa shape index (κ3) is 4.45. The van der Waals surface area contributed by atoms with Crippen molar-refractivity contribution in [1.82, 2.24) is 5.43 Å². The fraction of sp³-hybridized carbons (Fsp3) is 0.200. The molecule has 0 unspecified atom stereocenters. The zero-order chi connectivity index (χ0) is 14.5. The highest BCUT2D eigenvalue weighted by Gasteiger charge is 2.44. The van der Waals surface area contributed by atoms with Crippen molar-refractivity contribution >= 4 is 12.2 Å². The first-order valence-corrected chi connectivity index (χ1v) is 4.85. The number of para-hydroxylation sites is 1. The molecule has 0 aliphatic carbocycles. The number of carbonyl (C=O) groups is 1. The lowest BCUT2D eigenvalue weighted by molar-refractivity contribution is -0.253. The molecular formula is C10H9F4N3O2. The average Bonchev–Trinajstić information content (AvgIpc) is 2.30.